The Labute approximate surface area is 133 Å². The predicted molar refractivity (Wildman–Crippen MR) is 90.0 cm³/mol. The van der Waals surface area contributed by atoms with Gasteiger partial charge in [-0.3, -0.25) is 9.36 Å². The summed E-state index contributed by atoms with van der Waals surface area (Å²) >= 11 is 7.24. The number of hydrogen-bond donors (Lipinski definition) is 1. The summed E-state index contributed by atoms with van der Waals surface area (Å²) in [5, 5.41) is 0.926. The van der Waals surface area contributed by atoms with Gasteiger partial charge in [0.25, 0.3) is 5.56 Å². The standard InChI is InChI=1S/C16H20N2OS2/c1-2-10(8-9-6-7-9)18-15(19)13-11-4-3-5-12(11)21-14(13)17-16(18)20/h9-10H,2-8H2,1H3,(H,17,20). The van der Waals surface area contributed by atoms with Crippen molar-refractivity contribution >= 4 is 33.8 Å². The molecule has 2 aliphatic carbocycles. The van der Waals surface area contributed by atoms with Crippen molar-refractivity contribution in [3.8, 4) is 0 Å². The molecule has 21 heavy (non-hydrogen) atoms. The Bertz CT molecular complexity index is 810. The van der Waals surface area contributed by atoms with E-state index < -0.39 is 0 Å². The minimum atomic E-state index is 0.153. The molecule has 2 aromatic rings. The zero-order valence-electron chi connectivity index (χ0n) is 12.3. The summed E-state index contributed by atoms with van der Waals surface area (Å²) in [6.45, 7) is 2.16. The van der Waals surface area contributed by atoms with E-state index in [9.17, 15) is 4.79 Å². The van der Waals surface area contributed by atoms with Crippen molar-refractivity contribution in [2.24, 2.45) is 5.92 Å². The third-order valence-corrected chi connectivity index (χ3v) is 6.44. The number of rotatable bonds is 4. The van der Waals surface area contributed by atoms with Crippen molar-refractivity contribution in [1.29, 1.82) is 0 Å². The van der Waals surface area contributed by atoms with Gasteiger partial charge in [0.05, 0.1) is 5.39 Å². The highest BCUT2D eigenvalue weighted by molar-refractivity contribution is 7.71. The molecular formula is C16H20N2OS2. The zero-order valence-corrected chi connectivity index (χ0v) is 13.9. The molecule has 0 saturated heterocycles. The van der Waals surface area contributed by atoms with Crippen LogP contribution in [0.2, 0.25) is 0 Å². The van der Waals surface area contributed by atoms with Gasteiger partial charge in [-0.15, -0.1) is 11.3 Å². The van der Waals surface area contributed by atoms with Crippen molar-refractivity contribution in [2.75, 3.05) is 0 Å². The molecule has 1 unspecified atom stereocenters. The normalized spacial score (nSPS) is 19.1. The van der Waals surface area contributed by atoms with Crippen LogP contribution in [0.4, 0.5) is 0 Å². The third-order valence-electron chi connectivity index (χ3n) is 4.93. The highest BCUT2D eigenvalue weighted by Crippen LogP contribution is 2.38. The quantitative estimate of drug-likeness (QED) is 0.850. The van der Waals surface area contributed by atoms with E-state index in [1.54, 1.807) is 11.3 Å². The molecule has 4 rings (SSSR count). The lowest BCUT2D eigenvalue weighted by molar-refractivity contribution is 0.411. The Kier molecular flexibility index (Phi) is 3.30. The molecule has 5 heteroatoms. The molecule has 0 amide bonds. The van der Waals surface area contributed by atoms with Gasteiger partial charge in [-0.05, 0) is 55.8 Å². The lowest BCUT2D eigenvalue weighted by atomic mass is 10.1. The summed E-state index contributed by atoms with van der Waals surface area (Å²) in [5.74, 6) is 0.806. The number of fused-ring (bicyclic) bond motifs is 3. The van der Waals surface area contributed by atoms with E-state index >= 15 is 0 Å². The predicted octanol–water partition coefficient (Wildman–Crippen LogP) is 4.36. The minimum Gasteiger partial charge on any atom is -0.323 e. The van der Waals surface area contributed by atoms with Gasteiger partial charge in [-0.1, -0.05) is 19.8 Å². The van der Waals surface area contributed by atoms with Gasteiger partial charge >= 0.3 is 0 Å². The molecule has 0 spiro atoms. The Hall–Kier alpha value is -0.940. The number of aryl methyl sites for hydroxylation is 2. The number of thiophene rings is 1. The van der Waals surface area contributed by atoms with Crippen LogP contribution in [0, 0.1) is 10.7 Å². The summed E-state index contributed by atoms with van der Waals surface area (Å²) in [7, 11) is 0. The molecule has 3 nitrogen and oxygen atoms in total. The number of nitrogens with one attached hydrogen (secondary N) is 1. The molecule has 0 radical (unpaired) electrons. The molecule has 2 aliphatic rings. The smallest absolute Gasteiger partial charge is 0.263 e. The Morgan fingerprint density at radius 1 is 1.43 bits per heavy atom. The van der Waals surface area contributed by atoms with E-state index in [-0.39, 0.29) is 11.6 Å². The molecule has 0 aliphatic heterocycles. The average molecular weight is 320 g/mol. The maximum Gasteiger partial charge on any atom is 0.263 e. The van der Waals surface area contributed by atoms with Crippen LogP contribution in [0.1, 0.15) is 55.5 Å². The van der Waals surface area contributed by atoms with Crippen molar-refractivity contribution in [3.63, 3.8) is 0 Å². The van der Waals surface area contributed by atoms with Crippen LogP contribution in [-0.4, -0.2) is 9.55 Å². The maximum absolute atomic E-state index is 13.1. The van der Waals surface area contributed by atoms with Crippen LogP contribution >= 0.6 is 23.6 Å². The first-order chi connectivity index (χ1) is 10.2. The molecule has 2 heterocycles. The van der Waals surface area contributed by atoms with E-state index in [0.29, 0.717) is 4.77 Å². The van der Waals surface area contributed by atoms with Gasteiger partial charge in [-0.25, -0.2) is 0 Å². The van der Waals surface area contributed by atoms with Crippen LogP contribution < -0.4 is 5.56 Å². The number of aromatic amines is 1. The number of hydrogen-bond acceptors (Lipinski definition) is 3. The number of aromatic nitrogens is 2. The van der Waals surface area contributed by atoms with E-state index in [1.165, 1.54) is 29.7 Å². The molecule has 112 valence electrons. The summed E-state index contributed by atoms with van der Waals surface area (Å²) < 4.78 is 2.49. The highest BCUT2D eigenvalue weighted by Gasteiger charge is 2.28. The number of H-pyrrole nitrogens is 1. The molecule has 1 atom stereocenters. The van der Waals surface area contributed by atoms with Crippen LogP contribution in [0.5, 0.6) is 0 Å². The van der Waals surface area contributed by atoms with Crippen LogP contribution in [-0.2, 0) is 12.8 Å². The van der Waals surface area contributed by atoms with E-state index in [0.717, 1.165) is 41.8 Å². The van der Waals surface area contributed by atoms with Crippen molar-refractivity contribution in [2.45, 2.75) is 57.9 Å². The largest absolute Gasteiger partial charge is 0.323 e. The van der Waals surface area contributed by atoms with Crippen LogP contribution in [0.15, 0.2) is 4.79 Å². The first-order valence-electron chi connectivity index (χ1n) is 7.98. The molecule has 0 aromatic carbocycles. The van der Waals surface area contributed by atoms with Crippen molar-refractivity contribution in [1.82, 2.24) is 9.55 Å². The third kappa shape index (κ3) is 2.21. The second-order valence-electron chi connectivity index (χ2n) is 6.41. The lowest BCUT2D eigenvalue weighted by Gasteiger charge is -2.18. The molecular weight excluding hydrogens is 300 g/mol. The molecule has 2 aromatic heterocycles. The Morgan fingerprint density at radius 2 is 2.24 bits per heavy atom. The van der Waals surface area contributed by atoms with E-state index in [2.05, 4.69) is 11.9 Å². The number of nitrogens with zero attached hydrogens (tertiary/aromatic N) is 1. The van der Waals surface area contributed by atoms with E-state index in [4.69, 9.17) is 12.2 Å². The second-order valence-corrected chi connectivity index (χ2v) is 7.90. The Balaban J connectivity index is 1.91. The Morgan fingerprint density at radius 3 is 2.95 bits per heavy atom. The average Bonchev–Trinajstić information content (AvgIpc) is 3.04. The van der Waals surface area contributed by atoms with Gasteiger partial charge in [0.2, 0.25) is 0 Å². The topological polar surface area (TPSA) is 37.8 Å². The molecule has 1 N–H and O–H groups in total. The van der Waals surface area contributed by atoms with Gasteiger partial charge in [0.1, 0.15) is 4.83 Å². The first-order valence-corrected chi connectivity index (χ1v) is 9.20. The highest BCUT2D eigenvalue weighted by atomic mass is 32.1. The van der Waals surface area contributed by atoms with Crippen LogP contribution in [0.3, 0.4) is 0 Å². The van der Waals surface area contributed by atoms with Gasteiger partial charge < -0.3 is 4.98 Å². The maximum atomic E-state index is 13.1. The second kappa shape index (κ2) is 5.06. The summed E-state index contributed by atoms with van der Waals surface area (Å²) in [6.07, 6.45) is 8.07. The van der Waals surface area contributed by atoms with E-state index in [1.807, 2.05) is 4.57 Å². The molecule has 1 fully saturated rings. The SMILES string of the molecule is CCC(CC1CC1)n1c(=S)[nH]c2sc3c(c2c1=O)CCC3. The summed E-state index contributed by atoms with van der Waals surface area (Å²) in [6, 6.07) is 0.259. The van der Waals surface area contributed by atoms with Crippen molar-refractivity contribution < 1.29 is 0 Å². The summed E-state index contributed by atoms with van der Waals surface area (Å²) in [5.41, 5.74) is 1.45. The van der Waals surface area contributed by atoms with Gasteiger partial charge in [-0.2, -0.15) is 0 Å². The first kappa shape index (κ1) is 13.7. The molecule has 0 bridgehead atoms. The van der Waals surface area contributed by atoms with Gasteiger partial charge in [0, 0.05) is 10.9 Å². The fourth-order valence-corrected chi connectivity index (χ4v) is 5.29. The van der Waals surface area contributed by atoms with Crippen molar-refractivity contribution in [3.05, 3.63) is 25.6 Å². The zero-order chi connectivity index (χ0) is 14.6. The molecule has 1 saturated carbocycles. The minimum absolute atomic E-state index is 0.153. The fraction of sp³-hybridized carbons (Fsp3) is 0.625. The lowest BCUT2D eigenvalue weighted by Crippen LogP contribution is -2.26. The van der Waals surface area contributed by atoms with Crippen LogP contribution in [0.25, 0.3) is 10.2 Å². The monoisotopic (exact) mass is 320 g/mol. The fourth-order valence-electron chi connectivity index (χ4n) is 3.61. The van der Waals surface area contributed by atoms with Gasteiger partial charge in [0.15, 0.2) is 4.77 Å². The summed E-state index contributed by atoms with van der Waals surface area (Å²) in [4.78, 5) is 18.8.